The van der Waals surface area contributed by atoms with Gasteiger partial charge in [-0.15, -0.1) is 0 Å². The molecule has 1 rings (SSSR count). The van der Waals surface area contributed by atoms with Crippen LogP contribution in [-0.4, -0.2) is 23.5 Å². The topological polar surface area (TPSA) is 39.2 Å². The summed E-state index contributed by atoms with van der Waals surface area (Å²) in [5, 5.41) is 0. The van der Waals surface area contributed by atoms with E-state index in [-0.39, 0.29) is 5.78 Å². The van der Waals surface area contributed by atoms with Gasteiger partial charge >= 0.3 is 0 Å². The van der Waals surface area contributed by atoms with Crippen molar-refractivity contribution in [2.75, 3.05) is 7.11 Å². The van der Waals surface area contributed by atoms with Gasteiger partial charge < -0.3 is 4.74 Å². The molecule has 0 bridgehead atoms. The van der Waals surface area contributed by atoms with E-state index in [4.69, 9.17) is 4.74 Å². The average molecular weight is 207 g/mol. The molecule has 15 heavy (non-hydrogen) atoms. The minimum absolute atomic E-state index is 0.00176. The SMILES string of the molecule is CCC(C)(OC)C(=O)c1cnccc1C. The van der Waals surface area contributed by atoms with Crippen LogP contribution in [0.2, 0.25) is 0 Å². The van der Waals surface area contributed by atoms with Crippen LogP contribution < -0.4 is 0 Å². The number of nitrogens with zero attached hydrogens (tertiary/aromatic N) is 1. The second kappa shape index (κ2) is 4.53. The third-order valence-corrected chi connectivity index (χ3v) is 2.89. The van der Waals surface area contributed by atoms with Crippen molar-refractivity contribution in [1.29, 1.82) is 0 Å². The minimum atomic E-state index is -0.742. The maximum atomic E-state index is 12.2. The van der Waals surface area contributed by atoms with Crippen molar-refractivity contribution in [3.05, 3.63) is 29.6 Å². The van der Waals surface area contributed by atoms with Crippen molar-refractivity contribution in [1.82, 2.24) is 4.98 Å². The van der Waals surface area contributed by atoms with Crippen molar-refractivity contribution >= 4 is 5.78 Å². The van der Waals surface area contributed by atoms with E-state index in [0.29, 0.717) is 12.0 Å². The van der Waals surface area contributed by atoms with E-state index in [0.717, 1.165) is 5.56 Å². The quantitative estimate of drug-likeness (QED) is 0.711. The summed E-state index contributed by atoms with van der Waals surface area (Å²) in [7, 11) is 1.56. The molecule has 3 heteroatoms. The summed E-state index contributed by atoms with van der Waals surface area (Å²) >= 11 is 0. The van der Waals surface area contributed by atoms with Gasteiger partial charge in [-0.25, -0.2) is 0 Å². The summed E-state index contributed by atoms with van der Waals surface area (Å²) < 4.78 is 5.28. The molecule has 0 radical (unpaired) electrons. The molecule has 0 N–H and O–H groups in total. The first-order valence-corrected chi connectivity index (χ1v) is 5.05. The lowest BCUT2D eigenvalue weighted by Crippen LogP contribution is -2.37. The number of methoxy groups -OCH3 is 1. The molecule has 0 saturated heterocycles. The van der Waals surface area contributed by atoms with Crippen molar-refractivity contribution in [2.24, 2.45) is 0 Å². The van der Waals surface area contributed by atoms with Gasteiger partial charge in [0.15, 0.2) is 5.78 Å². The van der Waals surface area contributed by atoms with Gasteiger partial charge in [0.25, 0.3) is 0 Å². The van der Waals surface area contributed by atoms with Gasteiger partial charge in [-0.3, -0.25) is 9.78 Å². The maximum absolute atomic E-state index is 12.2. The van der Waals surface area contributed by atoms with Crippen LogP contribution in [0.25, 0.3) is 0 Å². The molecule has 0 amide bonds. The van der Waals surface area contributed by atoms with Crippen molar-refractivity contribution in [3.63, 3.8) is 0 Å². The van der Waals surface area contributed by atoms with E-state index < -0.39 is 5.60 Å². The van der Waals surface area contributed by atoms with Crippen molar-refractivity contribution in [2.45, 2.75) is 32.8 Å². The fourth-order valence-corrected chi connectivity index (χ4v) is 1.38. The second-order valence-corrected chi connectivity index (χ2v) is 3.81. The summed E-state index contributed by atoms with van der Waals surface area (Å²) in [5.41, 5.74) is 0.837. The Labute approximate surface area is 90.5 Å². The molecule has 0 aliphatic heterocycles. The first-order chi connectivity index (χ1) is 7.05. The first-order valence-electron chi connectivity index (χ1n) is 5.05. The molecule has 0 fully saturated rings. The molecule has 1 aromatic heterocycles. The number of hydrogen-bond acceptors (Lipinski definition) is 3. The summed E-state index contributed by atoms with van der Waals surface area (Å²) in [5.74, 6) is -0.00176. The molecule has 82 valence electrons. The molecule has 1 unspecified atom stereocenters. The van der Waals surface area contributed by atoms with Crippen LogP contribution in [0.5, 0.6) is 0 Å². The zero-order valence-corrected chi connectivity index (χ0v) is 9.70. The number of Topliss-reactive ketones (excluding diaryl/α,β-unsaturated/α-hetero) is 1. The second-order valence-electron chi connectivity index (χ2n) is 3.81. The fraction of sp³-hybridized carbons (Fsp3) is 0.500. The smallest absolute Gasteiger partial charge is 0.196 e. The lowest BCUT2D eigenvalue weighted by Gasteiger charge is -2.25. The van der Waals surface area contributed by atoms with Gasteiger partial charge in [0, 0.05) is 25.1 Å². The number of carbonyl (C=O) groups excluding carboxylic acids is 1. The Morgan fingerprint density at radius 3 is 2.73 bits per heavy atom. The summed E-state index contributed by atoms with van der Waals surface area (Å²) in [6, 6.07) is 1.83. The van der Waals surface area contributed by atoms with E-state index in [9.17, 15) is 4.79 Å². The highest BCUT2D eigenvalue weighted by atomic mass is 16.5. The summed E-state index contributed by atoms with van der Waals surface area (Å²) in [6.45, 7) is 5.65. The summed E-state index contributed by atoms with van der Waals surface area (Å²) in [6.07, 6.45) is 3.93. The molecular formula is C12H17NO2. The Balaban J connectivity index is 3.09. The fourth-order valence-electron chi connectivity index (χ4n) is 1.38. The molecule has 0 aromatic carbocycles. The van der Waals surface area contributed by atoms with Crippen molar-refractivity contribution in [3.8, 4) is 0 Å². The predicted octanol–water partition coefficient (Wildman–Crippen LogP) is 2.39. The highest BCUT2D eigenvalue weighted by Crippen LogP contribution is 2.21. The molecule has 0 saturated carbocycles. The first kappa shape index (κ1) is 11.9. The van der Waals surface area contributed by atoms with Crippen LogP contribution in [0.1, 0.15) is 36.2 Å². The highest BCUT2D eigenvalue weighted by molar-refractivity contribution is 6.03. The largest absolute Gasteiger partial charge is 0.370 e. The third kappa shape index (κ3) is 2.23. The van der Waals surface area contributed by atoms with Gasteiger partial charge in [-0.05, 0) is 31.9 Å². The van der Waals surface area contributed by atoms with Crippen molar-refractivity contribution < 1.29 is 9.53 Å². The van der Waals surface area contributed by atoms with Crippen LogP contribution in [-0.2, 0) is 4.74 Å². The lowest BCUT2D eigenvalue weighted by atomic mass is 9.91. The van der Waals surface area contributed by atoms with E-state index >= 15 is 0 Å². The normalized spacial score (nSPS) is 14.7. The molecule has 1 atom stereocenters. The predicted molar refractivity (Wildman–Crippen MR) is 59.0 cm³/mol. The van der Waals surface area contributed by atoms with Gasteiger partial charge in [0.05, 0.1) is 0 Å². The zero-order chi connectivity index (χ0) is 11.5. The van der Waals surface area contributed by atoms with Crippen LogP contribution in [0, 0.1) is 6.92 Å². The van der Waals surface area contributed by atoms with Crippen LogP contribution in [0.15, 0.2) is 18.5 Å². The number of carbonyl (C=O) groups is 1. The van der Waals surface area contributed by atoms with Crippen LogP contribution >= 0.6 is 0 Å². The number of aromatic nitrogens is 1. The minimum Gasteiger partial charge on any atom is -0.370 e. The molecular weight excluding hydrogens is 190 g/mol. The number of aryl methyl sites for hydroxylation is 1. The molecule has 3 nitrogen and oxygen atoms in total. The number of ether oxygens (including phenoxy) is 1. The summed E-state index contributed by atoms with van der Waals surface area (Å²) in [4.78, 5) is 16.2. The van der Waals surface area contributed by atoms with Gasteiger partial charge in [0.2, 0.25) is 0 Å². The Kier molecular flexibility index (Phi) is 3.58. The average Bonchev–Trinajstić information content (AvgIpc) is 2.28. The number of rotatable bonds is 4. The Morgan fingerprint density at radius 2 is 2.27 bits per heavy atom. The van der Waals surface area contributed by atoms with E-state index in [1.165, 1.54) is 0 Å². The molecule has 0 aliphatic rings. The van der Waals surface area contributed by atoms with Gasteiger partial charge in [-0.1, -0.05) is 6.92 Å². The number of hydrogen-bond donors (Lipinski definition) is 0. The zero-order valence-electron chi connectivity index (χ0n) is 9.70. The number of pyridine rings is 1. The van der Waals surface area contributed by atoms with Crippen LogP contribution in [0.4, 0.5) is 0 Å². The van der Waals surface area contributed by atoms with Gasteiger partial charge in [0.1, 0.15) is 5.60 Å². The molecule has 0 aliphatic carbocycles. The van der Waals surface area contributed by atoms with E-state index in [1.54, 1.807) is 19.5 Å². The monoisotopic (exact) mass is 207 g/mol. The van der Waals surface area contributed by atoms with E-state index in [1.807, 2.05) is 26.8 Å². The number of ketones is 1. The Morgan fingerprint density at radius 1 is 1.60 bits per heavy atom. The molecule has 1 heterocycles. The Bertz CT molecular complexity index is 356. The van der Waals surface area contributed by atoms with Crippen LogP contribution in [0.3, 0.4) is 0 Å². The third-order valence-electron chi connectivity index (χ3n) is 2.89. The lowest BCUT2D eigenvalue weighted by molar-refractivity contribution is 0.0105. The standard InChI is InChI=1S/C12H17NO2/c1-5-12(3,15-4)11(14)10-8-13-7-6-9(10)2/h6-8H,5H2,1-4H3. The van der Waals surface area contributed by atoms with E-state index in [2.05, 4.69) is 4.98 Å². The Hall–Kier alpha value is -1.22. The molecule has 1 aromatic rings. The highest BCUT2D eigenvalue weighted by Gasteiger charge is 2.32. The molecule has 0 spiro atoms. The maximum Gasteiger partial charge on any atom is 0.196 e. The van der Waals surface area contributed by atoms with Gasteiger partial charge in [-0.2, -0.15) is 0 Å².